The monoisotopic (exact) mass is 329 g/mol. The van der Waals surface area contributed by atoms with Crippen LogP contribution in [0, 0.1) is 0 Å². The minimum absolute atomic E-state index is 0.00354. The first-order valence-electron chi connectivity index (χ1n) is 15.3. The zero-order valence-corrected chi connectivity index (χ0v) is 12.0. The molecule has 1 N–H and O–H groups in total. The van der Waals surface area contributed by atoms with E-state index < -0.39 is 92.7 Å². The van der Waals surface area contributed by atoms with Crippen LogP contribution < -0.4 is 5.32 Å². The van der Waals surface area contributed by atoms with Gasteiger partial charge in [0.1, 0.15) is 0 Å². The summed E-state index contributed by atoms with van der Waals surface area (Å²) in [6.45, 7) is -3.48. The fourth-order valence-corrected chi connectivity index (χ4v) is 2.49. The first kappa shape index (κ1) is 5.06. The molecular formula is C18H24N4O. The van der Waals surface area contributed by atoms with E-state index in [9.17, 15) is 4.79 Å². The number of para-hydroxylation sites is 1. The largest absolute Gasteiger partial charge is 0.348 e. The smallest absolute Gasteiger partial charge is 0.272 e. The van der Waals surface area contributed by atoms with Crippen molar-refractivity contribution in [2.45, 2.75) is 50.0 Å². The Morgan fingerprint density at radius 2 is 2.13 bits per heavy atom. The summed E-state index contributed by atoms with van der Waals surface area (Å²) in [5.74, 6) is -1.36. The maximum atomic E-state index is 13.5. The number of aryl methyl sites for hydroxylation is 1. The standard InChI is InChI=1S/C18H24N4O/c1-21-13-6-5-7-14(21)11-12(10-13)19-18(23)17-15-8-3-4-9-16(15)22(2)20-17/h3-4,8-9,12-14H,5-7,10-11H2,1-2H3,(H,19,23)/t13-,14-/m1/s1/i1D3,3D,4D,5D2,6D2,7D2,8D,9D,10D2,11D2. The van der Waals surface area contributed by atoms with Crippen molar-refractivity contribution in [1.82, 2.24) is 20.0 Å². The van der Waals surface area contributed by atoms with Gasteiger partial charge in [-0.15, -0.1) is 0 Å². The lowest BCUT2D eigenvalue weighted by Crippen LogP contribution is -2.55. The third-order valence-electron chi connectivity index (χ3n) is 3.59. The number of aromatic nitrogens is 2. The Morgan fingerprint density at radius 1 is 1.39 bits per heavy atom. The van der Waals surface area contributed by atoms with Crippen molar-refractivity contribution in [2.75, 3.05) is 6.98 Å². The van der Waals surface area contributed by atoms with Crippen LogP contribution in [0.3, 0.4) is 0 Å². The summed E-state index contributed by atoms with van der Waals surface area (Å²) in [6.07, 6.45) is -17.4. The third kappa shape index (κ3) is 2.53. The molecule has 1 aromatic heterocycles. The minimum Gasteiger partial charge on any atom is -0.348 e. The van der Waals surface area contributed by atoms with Gasteiger partial charge in [-0.2, -0.15) is 5.10 Å². The molecule has 0 radical (unpaired) electrons. The van der Waals surface area contributed by atoms with Crippen molar-refractivity contribution < 1.29 is 28.1 Å². The molecule has 1 amide bonds. The highest BCUT2D eigenvalue weighted by Crippen LogP contribution is 2.32. The van der Waals surface area contributed by atoms with Crippen molar-refractivity contribution in [2.24, 2.45) is 7.05 Å². The second-order valence-electron chi connectivity index (χ2n) is 5.06. The van der Waals surface area contributed by atoms with Gasteiger partial charge in [0.2, 0.25) is 0 Å². The highest BCUT2D eigenvalue weighted by Gasteiger charge is 2.36. The van der Waals surface area contributed by atoms with Crippen LogP contribution in [0.2, 0.25) is 0 Å². The summed E-state index contributed by atoms with van der Waals surface area (Å²) in [4.78, 5) is 13.5. The van der Waals surface area contributed by atoms with Gasteiger partial charge in [-0.25, -0.2) is 0 Å². The van der Waals surface area contributed by atoms with E-state index in [-0.39, 0.29) is 15.8 Å². The number of hydrogen-bond donors (Lipinski definition) is 1. The first-order chi connectivity index (χ1) is 17.8. The minimum atomic E-state index is -3.58. The van der Waals surface area contributed by atoms with Crippen molar-refractivity contribution >= 4 is 16.8 Å². The molecule has 5 heteroatoms. The average Bonchev–Trinajstić information content (AvgIpc) is 3.13. The number of rotatable bonds is 2. The zero-order valence-electron chi connectivity index (χ0n) is 29.0. The van der Waals surface area contributed by atoms with Crippen LogP contribution in [0.4, 0.5) is 0 Å². The second-order valence-corrected chi connectivity index (χ2v) is 5.06. The second kappa shape index (κ2) is 5.64. The third-order valence-corrected chi connectivity index (χ3v) is 3.59. The highest BCUT2D eigenvalue weighted by molar-refractivity contribution is 6.04. The van der Waals surface area contributed by atoms with Crippen LogP contribution >= 0.6 is 0 Å². The van der Waals surface area contributed by atoms with Crippen LogP contribution in [-0.2, 0) is 7.05 Å². The number of amides is 1. The number of fused-ring (bicyclic) bond motifs is 3. The maximum absolute atomic E-state index is 13.5. The average molecular weight is 330 g/mol. The molecule has 2 bridgehead atoms. The van der Waals surface area contributed by atoms with Crippen molar-refractivity contribution in [1.29, 1.82) is 0 Å². The molecule has 0 spiro atoms. The molecule has 23 heavy (non-hydrogen) atoms. The van der Waals surface area contributed by atoms with Crippen molar-refractivity contribution in [3.63, 3.8) is 0 Å². The van der Waals surface area contributed by atoms with Crippen LogP contribution in [0.1, 0.15) is 65.7 Å². The molecule has 4 rings (SSSR count). The van der Waals surface area contributed by atoms with Gasteiger partial charge in [0.15, 0.2) is 5.69 Å². The van der Waals surface area contributed by atoms with Gasteiger partial charge in [-0.05, 0) is 38.5 Å². The normalized spacial score (nSPS) is 50.3. The predicted octanol–water partition coefficient (Wildman–Crippen LogP) is 2.32. The van der Waals surface area contributed by atoms with E-state index in [2.05, 4.69) is 5.10 Å². The van der Waals surface area contributed by atoms with E-state index in [0.717, 1.165) is 4.68 Å². The Labute approximate surface area is 160 Å². The molecule has 2 aliphatic rings. The van der Waals surface area contributed by atoms with Crippen LogP contribution in [0.15, 0.2) is 24.2 Å². The van der Waals surface area contributed by atoms with E-state index in [4.69, 9.17) is 23.3 Å². The first-order valence-corrected chi connectivity index (χ1v) is 6.81. The van der Waals surface area contributed by atoms with Gasteiger partial charge >= 0.3 is 0 Å². The summed E-state index contributed by atoms with van der Waals surface area (Å²) < 4.78 is 141. The van der Waals surface area contributed by atoms with Gasteiger partial charge in [0.25, 0.3) is 5.91 Å². The van der Waals surface area contributed by atoms with Crippen molar-refractivity contribution in [3.05, 3.63) is 29.9 Å². The quantitative estimate of drug-likeness (QED) is 0.920. The number of carbonyl (C=O) groups excluding carboxylic acids is 1. The van der Waals surface area contributed by atoms with Gasteiger partial charge < -0.3 is 10.2 Å². The summed E-state index contributed by atoms with van der Waals surface area (Å²) in [6, 6.07) is -10.2. The molecule has 3 heterocycles. The Kier molecular flexibility index (Phi) is 1.24. The molecule has 2 aliphatic heterocycles. The number of nitrogens with zero attached hydrogens (tertiary/aromatic N) is 3. The SMILES string of the molecule is [2H]c1c([2H])c([2H])c2c(c(C(=O)NC3C([2H])([2H])[C@@H]4N(C([2H])([2H])[2H])[C@@H](C3([2H])[2H])C([2H])([2H])C([2H])([2H])C4([2H])[2H])nn2C)c1[2H]. The molecule has 0 unspecified atom stereocenters. The molecule has 0 aliphatic carbocycles. The number of benzene rings is 1. The van der Waals surface area contributed by atoms with Gasteiger partial charge in [0.05, 0.1) is 11.0 Å². The predicted molar refractivity (Wildman–Crippen MR) is 90.4 cm³/mol. The molecular weight excluding hydrogens is 288 g/mol. The highest BCUT2D eigenvalue weighted by atomic mass is 16.2. The molecule has 2 aromatic rings. The van der Waals surface area contributed by atoms with Gasteiger partial charge in [0, 0.05) is 48.4 Å². The van der Waals surface area contributed by atoms with Crippen molar-refractivity contribution in [3.8, 4) is 0 Å². The summed E-state index contributed by atoms with van der Waals surface area (Å²) in [7, 11) is 1.27. The maximum Gasteiger partial charge on any atom is 0.272 e. The van der Waals surface area contributed by atoms with Crippen LogP contribution in [-0.4, -0.2) is 45.7 Å². The number of nitrogens with one attached hydrogen (secondary N) is 1. The Bertz CT molecular complexity index is 1380. The lowest BCUT2D eigenvalue weighted by Gasteiger charge is -2.47. The van der Waals surface area contributed by atoms with Crippen LogP contribution in [0.25, 0.3) is 10.9 Å². The fraction of sp³-hybridized carbons (Fsp3) is 0.556. The molecule has 2 atom stereocenters. The van der Waals surface area contributed by atoms with E-state index >= 15 is 0 Å². The summed E-state index contributed by atoms with van der Waals surface area (Å²) >= 11 is 0. The molecule has 2 fully saturated rings. The summed E-state index contributed by atoms with van der Waals surface area (Å²) in [5, 5.41) is 5.55. The fourth-order valence-electron chi connectivity index (χ4n) is 2.49. The van der Waals surface area contributed by atoms with Gasteiger partial charge in [-0.1, -0.05) is 24.5 Å². The lowest BCUT2D eigenvalue weighted by molar-refractivity contribution is 0.0462. The Balaban J connectivity index is 1.93. The van der Waals surface area contributed by atoms with E-state index in [1.54, 1.807) is 0 Å². The Hall–Kier alpha value is -1.88. The topological polar surface area (TPSA) is 50.2 Å². The molecule has 5 nitrogen and oxygen atoms in total. The molecule has 2 saturated heterocycles. The van der Waals surface area contributed by atoms with Crippen LogP contribution in [0.5, 0.6) is 0 Å². The molecule has 0 saturated carbocycles. The van der Waals surface area contributed by atoms with E-state index in [1.807, 2.05) is 5.32 Å². The van der Waals surface area contributed by atoms with Gasteiger partial charge in [-0.3, -0.25) is 9.48 Å². The molecule has 1 aromatic carbocycles. The van der Waals surface area contributed by atoms with E-state index in [1.165, 1.54) is 7.05 Å². The summed E-state index contributed by atoms with van der Waals surface area (Å²) in [5.41, 5.74) is -0.863. The Morgan fingerprint density at radius 3 is 2.87 bits per heavy atom. The van der Waals surface area contributed by atoms with E-state index in [0.29, 0.717) is 0 Å². The lowest BCUT2D eigenvalue weighted by atomic mass is 9.82. The zero-order chi connectivity index (χ0) is 30.9. The number of carbonyl (C=O) groups is 1. The number of hydrogen-bond acceptors (Lipinski definition) is 3. The molecule has 122 valence electrons. The number of piperidine rings is 2.